The molecule has 0 aliphatic heterocycles. The maximum atomic E-state index is 11.7. The zero-order valence-corrected chi connectivity index (χ0v) is 17.4. The van der Waals surface area contributed by atoms with Gasteiger partial charge in [-0.1, -0.05) is 0 Å². The second-order valence-electron chi connectivity index (χ2n) is 4.60. The minimum Gasteiger partial charge on any atom is -0.492 e. The lowest BCUT2D eigenvalue weighted by Gasteiger charge is -2.19. The Bertz CT molecular complexity index is 731. The van der Waals surface area contributed by atoms with Crippen LogP contribution < -0.4 is 19.5 Å². The van der Waals surface area contributed by atoms with Crippen LogP contribution in [0.3, 0.4) is 0 Å². The van der Waals surface area contributed by atoms with Crippen molar-refractivity contribution >= 4 is 55.7 Å². The molecule has 9 nitrogen and oxygen atoms in total. The molecule has 24 heavy (non-hydrogen) atoms. The van der Waals surface area contributed by atoms with Crippen molar-refractivity contribution in [2.24, 2.45) is 10.7 Å². The number of nitrogens with two attached hydrogens (primary N) is 1. The van der Waals surface area contributed by atoms with Crippen molar-refractivity contribution in [2.75, 3.05) is 36.4 Å². The molecule has 0 radical (unpaired) electrons. The van der Waals surface area contributed by atoms with Crippen LogP contribution in [-0.2, 0) is 20.0 Å². The van der Waals surface area contributed by atoms with Crippen molar-refractivity contribution in [3.05, 3.63) is 24.3 Å². The van der Waals surface area contributed by atoms with Crippen LogP contribution in [0.4, 0.5) is 5.69 Å². The van der Waals surface area contributed by atoms with E-state index in [0.29, 0.717) is 28.6 Å². The average Bonchev–Trinajstić information content (AvgIpc) is 2.42. The van der Waals surface area contributed by atoms with Crippen LogP contribution in [0.5, 0.6) is 5.75 Å². The van der Waals surface area contributed by atoms with Gasteiger partial charge in [-0.2, -0.15) is 3.71 Å². The zero-order valence-electron chi connectivity index (χ0n) is 13.5. The second kappa shape index (κ2) is 9.27. The average molecular weight is 492 g/mol. The number of sulfonamides is 2. The fraction of sp³-hybridized carbons (Fsp3) is 0.417. The topological polar surface area (TPSA) is 131 Å². The van der Waals surface area contributed by atoms with Crippen molar-refractivity contribution in [2.45, 2.75) is 0 Å². The number of guanidine groups is 1. The largest absolute Gasteiger partial charge is 0.492 e. The van der Waals surface area contributed by atoms with E-state index in [1.807, 2.05) is 0 Å². The first-order chi connectivity index (χ1) is 10.6. The summed E-state index contributed by atoms with van der Waals surface area (Å²) in [6, 6.07) is 5.67. The molecular weight excluding hydrogens is 471 g/mol. The number of hydrogen-bond acceptors (Lipinski definition) is 6. The highest BCUT2D eigenvalue weighted by Gasteiger charge is 2.26. The summed E-state index contributed by atoms with van der Waals surface area (Å²) in [7, 11) is -6.36. The number of benzene rings is 1. The molecule has 1 aromatic rings. The molecule has 0 unspecified atom stereocenters. The van der Waals surface area contributed by atoms with Gasteiger partial charge in [0.15, 0.2) is 5.96 Å². The Morgan fingerprint density at radius 2 is 1.67 bits per heavy atom. The number of aliphatic imine (C=N–C) groups is 1. The summed E-state index contributed by atoms with van der Waals surface area (Å²) in [5.41, 5.74) is 5.47. The van der Waals surface area contributed by atoms with E-state index in [1.165, 1.54) is 24.3 Å². The van der Waals surface area contributed by atoms with Crippen LogP contribution in [0.25, 0.3) is 0 Å². The van der Waals surface area contributed by atoms with Gasteiger partial charge in [-0.05, 0) is 24.3 Å². The van der Waals surface area contributed by atoms with E-state index in [0.717, 1.165) is 12.5 Å². The normalized spacial score (nSPS) is 12.2. The fourth-order valence-electron chi connectivity index (χ4n) is 1.72. The molecule has 138 valence electrons. The van der Waals surface area contributed by atoms with Gasteiger partial charge in [-0.25, -0.2) is 16.8 Å². The molecular formula is C12H21IN4O5S2. The first kappa shape index (κ1) is 22.7. The predicted molar refractivity (Wildman–Crippen MR) is 105 cm³/mol. The first-order valence-corrected chi connectivity index (χ1v) is 10.1. The quantitative estimate of drug-likeness (QED) is 0.236. The van der Waals surface area contributed by atoms with E-state index >= 15 is 0 Å². The molecule has 1 aromatic carbocycles. The molecule has 0 aliphatic carbocycles. The Morgan fingerprint density at radius 3 is 2.08 bits per heavy atom. The third-order valence-corrected chi connectivity index (χ3v) is 5.82. The van der Waals surface area contributed by atoms with Crippen molar-refractivity contribution in [3.63, 3.8) is 0 Å². The number of hydrogen-bond donors (Lipinski definition) is 2. The smallest absolute Gasteiger partial charge is 0.245 e. The standard InChI is InChI=1S/C12H20N4O5S2.HI/c1-14-12(13)15-8-9-21-11-6-4-10(5-7-11)16(22(2,17)18)23(3,19)20;/h4-7H,8-9H2,1-3H3,(H3,13,14,15);1H. The summed E-state index contributed by atoms with van der Waals surface area (Å²) in [5.74, 6) is 0.755. The Morgan fingerprint density at radius 1 is 1.17 bits per heavy atom. The molecule has 1 rings (SSSR count). The Balaban J connectivity index is 0.00000529. The van der Waals surface area contributed by atoms with Gasteiger partial charge in [0, 0.05) is 7.05 Å². The highest BCUT2D eigenvalue weighted by molar-refractivity contribution is 14.0. The highest BCUT2D eigenvalue weighted by Crippen LogP contribution is 2.23. The number of rotatable bonds is 7. The van der Waals surface area contributed by atoms with Gasteiger partial charge in [0.05, 0.1) is 24.7 Å². The van der Waals surface area contributed by atoms with Gasteiger partial charge in [0.1, 0.15) is 12.4 Å². The zero-order chi connectivity index (χ0) is 17.7. The third-order valence-electron chi connectivity index (χ3n) is 2.57. The third kappa shape index (κ3) is 7.09. The molecule has 0 aliphatic rings. The maximum Gasteiger partial charge on any atom is 0.245 e. The van der Waals surface area contributed by atoms with Gasteiger partial charge in [-0.3, -0.25) is 4.99 Å². The molecule has 0 heterocycles. The van der Waals surface area contributed by atoms with E-state index in [-0.39, 0.29) is 29.7 Å². The van der Waals surface area contributed by atoms with Crippen molar-refractivity contribution in [3.8, 4) is 5.75 Å². The molecule has 12 heteroatoms. The highest BCUT2D eigenvalue weighted by atomic mass is 127. The Hall–Kier alpha value is -1.28. The molecule has 0 spiro atoms. The molecule has 0 bridgehead atoms. The summed E-state index contributed by atoms with van der Waals surface area (Å²) in [6.07, 6.45) is 1.65. The number of nitrogens with zero attached hydrogens (tertiary/aromatic N) is 2. The number of anilines is 1. The summed E-state index contributed by atoms with van der Waals surface area (Å²) < 4.78 is 52.4. The Kier molecular flexibility index (Phi) is 8.77. The Labute approximate surface area is 159 Å². The van der Waals surface area contributed by atoms with Crippen LogP contribution in [0.2, 0.25) is 0 Å². The van der Waals surface area contributed by atoms with Crippen LogP contribution in [-0.4, -0.2) is 55.5 Å². The monoisotopic (exact) mass is 492 g/mol. The number of halogens is 1. The van der Waals surface area contributed by atoms with E-state index in [4.69, 9.17) is 10.5 Å². The summed E-state index contributed by atoms with van der Waals surface area (Å²) in [5, 5.41) is 2.81. The van der Waals surface area contributed by atoms with E-state index in [2.05, 4.69) is 10.3 Å². The molecule has 0 saturated heterocycles. The van der Waals surface area contributed by atoms with Gasteiger partial charge in [-0.15, -0.1) is 24.0 Å². The summed E-state index contributed by atoms with van der Waals surface area (Å²) in [6.45, 7) is 0.737. The lowest BCUT2D eigenvalue weighted by Crippen LogP contribution is -2.35. The van der Waals surface area contributed by atoms with Crippen molar-refractivity contribution in [1.82, 2.24) is 5.32 Å². The molecule has 0 saturated carbocycles. The van der Waals surface area contributed by atoms with Crippen LogP contribution in [0.15, 0.2) is 29.3 Å². The van der Waals surface area contributed by atoms with Crippen molar-refractivity contribution < 1.29 is 21.6 Å². The van der Waals surface area contributed by atoms with Crippen LogP contribution in [0, 0.1) is 0 Å². The molecule has 0 amide bonds. The maximum absolute atomic E-state index is 11.7. The van der Waals surface area contributed by atoms with Crippen LogP contribution in [0.1, 0.15) is 0 Å². The van der Waals surface area contributed by atoms with E-state index in [1.54, 1.807) is 7.05 Å². The fourth-order valence-corrected chi connectivity index (χ4v) is 4.70. The predicted octanol–water partition coefficient (Wildman–Crippen LogP) is -0.0569. The number of nitrogens with one attached hydrogen (secondary N) is 1. The molecule has 0 aromatic heterocycles. The lowest BCUT2D eigenvalue weighted by molar-refractivity contribution is 0.322. The van der Waals surface area contributed by atoms with Gasteiger partial charge >= 0.3 is 0 Å². The first-order valence-electron chi connectivity index (χ1n) is 6.45. The molecule has 3 N–H and O–H groups in total. The lowest BCUT2D eigenvalue weighted by atomic mass is 10.3. The SMILES string of the molecule is CN=C(N)NCCOc1ccc(N(S(C)(=O)=O)S(C)(=O)=O)cc1.I. The van der Waals surface area contributed by atoms with Gasteiger partial charge in [0.25, 0.3) is 0 Å². The minimum atomic E-state index is -3.95. The van der Waals surface area contributed by atoms with Crippen molar-refractivity contribution in [1.29, 1.82) is 0 Å². The van der Waals surface area contributed by atoms with E-state index < -0.39 is 20.0 Å². The summed E-state index contributed by atoms with van der Waals surface area (Å²) >= 11 is 0. The van der Waals surface area contributed by atoms with E-state index in [9.17, 15) is 16.8 Å². The second-order valence-corrected chi connectivity index (χ2v) is 8.49. The minimum absolute atomic E-state index is 0. The molecule has 0 fully saturated rings. The molecule has 0 atom stereocenters. The summed E-state index contributed by atoms with van der Waals surface area (Å²) in [4.78, 5) is 3.72. The van der Waals surface area contributed by atoms with Gasteiger partial charge < -0.3 is 15.8 Å². The number of ether oxygens (including phenoxy) is 1. The van der Waals surface area contributed by atoms with Gasteiger partial charge in [0.2, 0.25) is 20.0 Å². The van der Waals surface area contributed by atoms with Crippen LogP contribution >= 0.6 is 24.0 Å².